The minimum Gasteiger partial charge on any atom is -0.494 e. The van der Waals surface area contributed by atoms with Gasteiger partial charge in [-0.1, -0.05) is 31.4 Å². The number of hydrogen-bond acceptors (Lipinski definition) is 3. The number of halogens is 1. The molecule has 0 aliphatic heterocycles. The van der Waals surface area contributed by atoms with Gasteiger partial charge in [-0.25, -0.2) is 4.98 Å². The molecular weight excluding hydrogens is 398 g/mol. The molecule has 6 heteroatoms. The zero-order valence-electron chi connectivity index (χ0n) is 18.0. The molecule has 0 saturated carbocycles. The van der Waals surface area contributed by atoms with E-state index in [-0.39, 0.29) is 12.3 Å². The summed E-state index contributed by atoms with van der Waals surface area (Å²) in [5, 5.41) is 0.610. The van der Waals surface area contributed by atoms with Crippen molar-refractivity contribution >= 4 is 23.2 Å². The fourth-order valence-electron chi connectivity index (χ4n) is 3.55. The maximum absolute atomic E-state index is 12.8. The van der Waals surface area contributed by atoms with Gasteiger partial charge in [0.1, 0.15) is 11.4 Å². The summed E-state index contributed by atoms with van der Waals surface area (Å²) in [5.41, 5.74) is 3.38. The predicted molar refractivity (Wildman–Crippen MR) is 122 cm³/mol. The van der Waals surface area contributed by atoms with Crippen molar-refractivity contribution in [3.8, 4) is 17.0 Å². The number of aromatic nitrogens is 2. The van der Waals surface area contributed by atoms with Crippen molar-refractivity contribution in [1.82, 2.24) is 14.3 Å². The van der Waals surface area contributed by atoms with E-state index in [1.165, 1.54) is 12.8 Å². The highest BCUT2D eigenvalue weighted by Crippen LogP contribution is 2.28. The SMILES string of the molecule is CCCCCOc1ccc(-c2nc3ccc(Cl)cn3c2CC(=O)N(CC)CC)cc1. The Balaban J connectivity index is 1.92. The van der Waals surface area contributed by atoms with Gasteiger partial charge in [-0.15, -0.1) is 0 Å². The molecule has 1 aromatic carbocycles. The minimum atomic E-state index is 0.0823. The van der Waals surface area contributed by atoms with Crippen LogP contribution in [0.25, 0.3) is 16.9 Å². The summed E-state index contributed by atoms with van der Waals surface area (Å²) in [5.74, 6) is 0.932. The van der Waals surface area contributed by atoms with Crippen LogP contribution in [0.3, 0.4) is 0 Å². The molecular formula is C24H30ClN3O2. The van der Waals surface area contributed by atoms with E-state index in [0.29, 0.717) is 18.1 Å². The molecule has 0 aliphatic carbocycles. The van der Waals surface area contributed by atoms with E-state index < -0.39 is 0 Å². The van der Waals surface area contributed by atoms with Crippen LogP contribution in [-0.4, -0.2) is 39.9 Å². The second kappa shape index (κ2) is 10.5. The molecule has 2 heterocycles. The summed E-state index contributed by atoms with van der Waals surface area (Å²) in [7, 11) is 0. The molecule has 5 nitrogen and oxygen atoms in total. The number of unbranched alkanes of at least 4 members (excludes halogenated alkanes) is 2. The summed E-state index contributed by atoms with van der Waals surface area (Å²) in [4.78, 5) is 19.5. The molecule has 30 heavy (non-hydrogen) atoms. The number of hydrogen-bond donors (Lipinski definition) is 0. The maximum Gasteiger partial charge on any atom is 0.228 e. The van der Waals surface area contributed by atoms with Crippen molar-refractivity contribution < 1.29 is 9.53 Å². The molecule has 0 bridgehead atoms. The second-order valence-corrected chi connectivity index (χ2v) is 7.74. The first-order valence-corrected chi connectivity index (χ1v) is 11.1. The first-order chi connectivity index (χ1) is 14.6. The second-order valence-electron chi connectivity index (χ2n) is 7.31. The molecule has 0 saturated heterocycles. The Bertz CT molecular complexity index is 978. The Kier molecular flexibility index (Phi) is 7.75. The molecule has 2 aromatic heterocycles. The summed E-state index contributed by atoms with van der Waals surface area (Å²) < 4.78 is 7.75. The van der Waals surface area contributed by atoms with Gasteiger partial charge in [-0.3, -0.25) is 4.79 Å². The first kappa shape index (κ1) is 22.2. The zero-order valence-corrected chi connectivity index (χ0v) is 18.8. The van der Waals surface area contributed by atoms with Crippen molar-refractivity contribution in [2.75, 3.05) is 19.7 Å². The van der Waals surface area contributed by atoms with E-state index in [9.17, 15) is 4.79 Å². The first-order valence-electron chi connectivity index (χ1n) is 10.7. The lowest BCUT2D eigenvalue weighted by Crippen LogP contribution is -2.32. The Morgan fingerprint density at radius 1 is 1.07 bits per heavy atom. The lowest BCUT2D eigenvalue weighted by atomic mass is 10.1. The van der Waals surface area contributed by atoms with Crippen LogP contribution in [0.5, 0.6) is 5.75 Å². The fraction of sp³-hybridized carbons (Fsp3) is 0.417. The standard InChI is InChI=1S/C24H30ClN3O2/c1-4-7-8-15-30-20-12-9-18(10-13-20)24-21(16-23(29)27(5-2)6-3)28-17-19(25)11-14-22(28)26-24/h9-14,17H,4-8,15-16H2,1-3H3. The number of ether oxygens (including phenoxy) is 1. The third-order valence-corrected chi connectivity index (χ3v) is 5.48. The quantitative estimate of drug-likeness (QED) is 0.393. The highest BCUT2D eigenvalue weighted by atomic mass is 35.5. The number of likely N-dealkylation sites (N-methyl/N-ethyl adjacent to an activating group) is 1. The topological polar surface area (TPSA) is 46.8 Å². The average Bonchev–Trinajstić information content (AvgIpc) is 3.10. The molecule has 0 unspecified atom stereocenters. The number of carbonyl (C=O) groups is 1. The number of pyridine rings is 1. The summed E-state index contributed by atoms with van der Waals surface area (Å²) in [6.45, 7) is 8.27. The van der Waals surface area contributed by atoms with Gasteiger partial charge in [-0.05, 0) is 56.7 Å². The van der Waals surface area contributed by atoms with Crippen LogP contribution < -0.4 is 4.74 Å². The molecule has 160 valence electrons. The van der Waals surface area contributed by atoms with Crippen molar-refractivity contribution in [2.24, 2.45) is 0 Å². The van der Waals surface area contributed by atoms with Crippen LogP contribution in [0.4, 0.5) is 0 Å². The van der Waals surface area contributed by atoms with Gasteiger partial charge in [0.25, 0.3) is 0 Å². The summed E-state index contributed by atoms with van der Waals surface area (Å²) >= 11 is 6.23. The average molecular weight is 428 g/mol. The smallest absolute Gasteiger partial charge is 0.228 e. The number of imidazole rings is 1. The Labute approximate surface area is 183 Å². The van der Waals surface area contributed by atoms with E-state index >= 15 is 0 Å². The molecule has 0 atom stereocenters. The summed E-state index contributed by atoms with van der Waals surface area (Å²) in [6.07, 6.45) is 5.50. The van der Waals surface area contributed by atoms with Crippen LogP contribution in [0.2, 0.25) is 5.02 Å². The molecule has 0 N–H and O–H groups in total. The number of carbonyl (C=O) groups excluding carboxylic acids is 1. The number of nitrogens with zero attached hydrogens (tertiary/aromatic N) is 3. The van der Waals surface area contributed by atoms with E-state index in [4.69, 9.17) is 21.3 Å². The van der Waals surface area contributed by atoms with E-state index in [2.05, 4.69) is 6.92 Å². The van der Waals surface area contributed by atoms with E-state index in [1.807, 2.05) is 65.7 Å². The van der Waals surface area contributed by atoms with Crippen molar-refractivity contribution in [3.05, 3.63) is 53.3 Å². The van der Waals surface area contributed by atoms with Gasteiger partial charge in [0.2, 0.25) is 5.91 Å². The highest BCUT2D eigenvalue weighted by molar-refractivity contribution is 6.30. The van der Waals surface area contributed by atoms with E-state index in [0.717, 1.165) is 41.4 Å². The van der Waals surface area contributed by atoms with Crippen LogP contribution in [0, 0.1) is 0 Å². The van der Waals surface area contributed by atoms with Crippen LogP contribution in [0.1, 0.15) is 45.7 Å². The van der Waals surface area contributed by atoms with Crippen LogP contribution in [-0.2, 0) is 11.2 Å². The lowest BCUT2D eigenvalue weighted by Gasteiger charge is -2.18. The number of amides is 1. The number of fused-ring (bicyclic) bond motifs is 1. The van der Waals surface area contributed by atoms with Crippen molar-refractivity contribution in [2.45, 2.75) is 46.5 Å². The van der Waals surface area contributed by atoms with Gasteiger partial charge < -0.3 is 14.0 Å². The van der Waals surface area contributed by atoms with Gasteiger partial charge in [-0.2, -0.15) is 0 Å². The Morgan fingerprint density at radius 3 is 2.47 bits per heavy atom. The van der Waals surface area contributed by atoms with Gasteiger partial charge in [0.15, 0.2) is 0 Å². The fourth-order valence-corrected chi connectivity index (χ4v) is 3.71. The van der Waals surface area contributed by atoms with Crippen LogP contribution in [0.15, 0.2) is 42.6 Å². The third-order valence-electron chi connectivity index (χ3n) is 5.26. The summed E-state index contributed by atoms with van der Waals surface area (Å²) in [6, 6.07) is 11.6. The maximum atomic E-state index is 12.8. The normalized spacial score (nSPS) is 11.1. The monoisotopic (exact) mass is 427 g/mol. The van der Waals surface area contributed by atoms with Gasteiger partial charge in [0, 0.05) is 24.8 Å². The Morgan fingerprint density at radius 2 is 1.80 bits per heavy atom. The van der Waals surface area contributed by atoms with Gasteiger partial charge >= 0.3 is 0 Å². The van der Waals surface area contributed by atoms with Crippen molar-refractivity contribution in [3.63, 3.8) is 0 Å². The largest absolute Gasteiger partial charge is 0.494 e. The third kappa shape index (κ3) is 5.14. The number of benzene rings is 1. The van der Waals surface area contributed by atoms with Crippen molar-refractivity contribution in [1.29, 1.82) is 0 Å². The van der Waals surface area contributed by atoms with Gasteiger partial charge in [0.05, 0.1) is 29.4 Å². The highest BCUT2D eigenvalue weighted by Gasteiger charge is 2.20. The molecule has 0 fully saturated rings. The van der Waals surface area contributed by atoms with E-state index in [1.54, 1.807) is 0 Å². The molecule has 0 radical (unpaired) electrons. The molecule has 3 aromatic rings. The molecule has 0 spiro atoms. The van der Waals surface area contributed by atoms with Crippen LogP contribution >= 0.6 is 11.6 Å². The molecule has 3 rings (SSSR count). The number of rotatable bonds is 10. The molecule has 1 amide bonds. The predicted octanol–water partition coefficient (Wildman–Crippen LogP) is 5.63. The molecule has 0 aliphatic rings. The lowest BCUT2D eigenvalue weighted by molar-refractivity contribution is -0.130. The minimum absolute atomic E-state index is 0.0823. The zero-order chi connectivity index (χ0) is 21.5. The Hall–Kier alpha value is -2.53.